The highest BCUT2D eigenvalue weighted by molar-refractivity contribution is 6.21. The van der Waals surface area contributed by atoms with Crippen LogP contribution in [0.4, 0.5) is 11.4 Å². The Hall–Kier alpha value is -3.31. The molecule has 1 amide bonds. The van der Waals surface area contributed by atoms with Crippen LogP contribution in [0, 0.1) is 0 Å². The fraction of sp³-hybridized carbons (Fsp3) is 0.0500. The van der Waals surface area contributed by atoms with Crippen molar-refractivity contribution in [1.82, 2.24) is 4.98 Å². The Morgan fingerprint density at radius 2 is 1.68 bits per heavy atom. The molecule has 0 radical (unpaired) electrons. The summed E-state index contributed by atoms with van der Waals surface area (Å²) >= 11 is 0. The molecule has 122 valence electrons. The predicted molar refractivity (Wildman–Crippen MR) is 97.9 cm³/mol. The molecule has 1 aliphatic heterocycles. The van der Waals surface area contributed by atoms with Crippen molar-refractivity contribution in [2.75, 3.05) is 4.90 Å². The van der Waals surface area contributed by atoms with Gasteiger partial charge in [-0.25, -0.2) is 0 Å². The standard InChI is InChI=1S/C20H16N4O/c21-19-20(25)24(15-9-6-12-22-13-15)17-11-5-4-10-16(17)18(23-19)14-7-2-1-3-8-14/h1-13,19H,21H2/t19-/m0/s1. The van der Waals surface area contributed by atoms with Gasteiger partial charge in [0, 0.05) is 17.3 Å². The van der Waals surface area contributed by atoms with E-state index >= 15 is 0 Å². The number of carbonyl (C=O) groups excluding carboxylic acids is 1. The van der Waals surface area contributed by atoms with Crippen LogP contribution in [0.25, 0.3) is 0 Å². The topological polar surface area (TPSA) is 71.6 Å². The quantitative estimate of drug-likeness (QED) is 0.786. The number of hydrogen-bond donors (Lipinski definition) is 1. The van der Waals surface area contributed by atoms with Crippen molar-refractivity contribution >= 4 is 23.0 Å². The SMILES string of the molecule is N[C@H]1N=C(c2ccccc2)c2ccccc2N(c2cccnc2)C1=O. The number of hydrogen-bond acceptors (Lipinski definition) is 4. The number of aromatic nitrogens is 1. The van der Waals surface area contributed by atoms with Gasteiger partial charge < -0.3 is 5.73 Å². The Morgan fingerprint density at radius 1 is 0.920 bits per heavy atom. The van der Waals surface area contributed by atoms with Gasteiger partial charge in [-0.15, -0.1) is 0 Å². The van der Waals surface area contributed by atoms with Crippen LogP contribution in [0.15, 0.2) is 84.1 Å². The minimum atomic E-state index is -0.984. The molecule has 2 aromatic carbocycles. The van der Waals surface area contributed by atoms with Crippen molar-refractivity contribution in [3.05, 3.63) is 90.3 Å². The molecule has 0 fully saturated rings. The molecule has 2 N–H and O–H groups in total. The van der Waals surface area contributed by atoms with Crippen molar-refractivity contribution in [2.24, 2.45) is 10.7 Å². The van der Waals surface area contributed by atoms with Crippen LogP contribution in [-0.2, 0) is 4.79 Å². The number of fused-ring (bicyclic) bond motifs is 1. The average Bonchev–Trinajstić information content (AvgIpc) is 2.78. The summed E-state index contributed by atoms with van der Waals surface area (Å²) in [6, 6.07) is 21.1. The molecule has 5 nitrogen and oxygen atoms in total. The van der Waals surface area contributed by atoms with Gasteiger partial charge in [0.2, 0.25) is 0 Å². The van der Waals surface area contributed by atoms with Gasteiger partial charge in [-0.2, -0.15) is 0 Å². The summed E-state index contributed by atoms with van der Waals surface area (Å²) in [5, 5.41) is 0. The minimum Gasteiger partial charge on any atom is -0.302 e. The van der Waals surface area contributed by atoms with Gasteiger partial charge in [-0.05, 0) is 18.2 Å². The average molecular weight is 328 g/mol. The molecule has 0 aliphatic carbocycles. The maximum absolute atomic E-state index is 13.0. The number of anilines is 2. The number of nitrogens with zero attached hydrogens (tertiary/aromatic N) is 3. The highest BCUT2D eigenvalue weighted by Crippen LogP contribution is 2.32. The van der Waals surface area contributed by atoms with E-state index < -0.39 is 6.17 Å². The van der Waals surface area contributed by atoms with Gasteiger partial charge in [0.15, 0.2) is 6.17 Å². The second-order valence-corrected chi connectivity index (χ2v) is 5.69. The van der Waals surface area contributed by atoms with Gasteiger partial charge in [-0.1, -0.05) is 48.5 Å². The molecule has 3 aromatic rings. The van der Waals surface area contributed by atoms with Crippen molar-refractivity contribution in [2.45, 2.75) is 6.17 Å². The van der Waals surface area contributed by atoms with E-state index in [-0.39, 0.29) is 5.91 Å². The number of carbonyl (C=O) groups is 1. The van der Waals surface area contributed by atoms with Gasteiger partial charge >= 0.3 is 0 Å². The first kappa shape index (κ1) is 15.2. The van der Waals surface area contributed by atoms with Crippen LogP contribution >= 0.6 is 0 Å². The Balaban J connectivity index is 1.95. The third-order valence-electron chi connectivity index (χ3n) is 4.09. The van der Waals surface area contributed by atoms with Crippen molar-refractivity contribution in [3.63, 3.8) is 0 Å². The lowest BCUT2D eigenvalue weighted by atomic mass is 10.00. The number of amides is 1. The van der Waals surface area contributed by atoms with E-state index in [0.717, 1.165) is 16.8 Å². The van der Waals surface area contributed by atoms with E-state index in [4.69, 9.17) is 5.73 Å². The van der Waals surface area contributed by atoms with Gasteiger partial charge in [0.05, 0.1) is 23.3 Å². The first-order valence-corrected chi connectivity index (χ1v) is 7.98. The maximum Gasteiger partial charge on any atom is 0.270 e. The fourth-order valence-corrected chi connectivity index (χ4v) is 2.96. The first-order valence-electron chi connectivity index (χ1n) is 7.98. The zero-order valence-corrected chi connectivity index (χ0v) is 13.4. The molecule has 5 heteroatoms. The van der Waals surface area contributed by atoms with Gasteiger partial charge in [0.1, 0.15) is 0 Å². The number of benzene rings is 2. The monoisotopic (exact) mass is 328 g/mol. The molecule has 0 saturated carbocycles. The lowest BCUT2D eigenvalue weighted by Gasteiger charge is -2.23. The molecule has 25 heavy (non-hydrogen) atoms. The number of aliphatic imine (C=N–C) groups is 1. The molecular weight excluding hydrogens is 312 g/mol. The predicted octanol–water partition coefficient (Wildman–Crippen LogP) is 2.88. The highest BCUT2D eigenvalue weighted by atomic mass is 16.2. The van der Waals surface area contributed by atoms with E-state index in [1.807, 2.05) is 60.7 Å². The molecular formula is C20H16N4O. The maximum atomic E-state index is 13.0. The smallest absolute Gasteiger partial charge is 0.270 e. The summed E-state index contributed by atoms with van der Waals surface area (Å²) in [5.41, 5.74) is 10.0. The van der Waals surface area contributed by atoms with Crippen LogP contribution in [-0.4, -0.2) is 22.8 Å². The molecule has 1 atom stereocenters. The minimum absolute atomic E-state index is 0.286. The van der Waals surface area contributed by atoms with Crippen molar-refractivity contribution in [3.8, 4) is 0 Å². The number of pyridine rings is 1. The summed E-state index contributed by atoms with van der Waals surface area (Å²) in [4.78, 5) is 23.2. The van der Waals surface area contributed by atoms with Gasteiger partial charge in [0.25, 0.3) is 5.91 Å². The summed E-state index contributed by atoms with van der Waals surface area (Å²) < 4.78 is 0. The molecule has 4 rings (SSSR count). The third-order valence-corrected chi connectivity index (χ3v) is 4.09. The highest BCUT2D eigenvalue weighted by Gasteiger charge is 2.30. The zero-order chi connectivity index (χ0) is 17.2. The van der Waals surface area contributed by atoms with E-state index in [1.54, 1.807) is 23.4 Å². The lowest BCUT2D eigenvalue weighted by molar-refractivity contribution is -0.118. The molecule has 0 saturated heterocycles. The summed E-state index contributed by atoms with van der Waals surface area (Å²) in [6.07, 6.45) is 2.33. The van der Waals surface area contributed by atoms with Gasteiger partial charge in [-0.3, -0.25) is 19.7 Å². The van der Waals surface area contributed by atoms with Crippen LogP contribution in [0.5, 0.6) is 0 Å². The number of nitrogens with two attached hydrogens (primary N) is 1. The van der Waals surface area contributed by atoms with E-state index in [9.17, 15) is 4.79 Å². The third kappa shape index (κ3) is 2.70. The molecule has 1 aromatic heterocycles. The largest absolute Gasteiger partial charge is 0.302 e. The van der Waals surface area contributed by atoms with E-state index in [2.05, 4.69) is 9.98 Å². The number of para-hydroxylation sites is 1. The second kappa shape index (κ2) is 6.30. The molecule has 2 heterocycles. The Kier molecular flexibility index (Phi) is 3.84. The normalized spacial score (nSPS) is 16.8. The van der Waals surface area contributed by atoms with Crippen molar-refractivity contribution in [1.29, 1.82) is 0 Å². The van der Waals surface area contributed by atoms with Crippen LogP contribution in [0.3, 0.4) is 0 Å². The van der Waals surface area contributed by atoms with E-state index in [0.29, 0.717) is 11.4 Å². The molecule has 0 spiro atoms. The molecule has 1 aliphatic rings. The number of benzodiazepines with no additional fused rings is 1. The Labute approximate surface area is 145 Å². The Morgan fingerprint density at radius 3 is 2.44 bits per heavy atom. The van der Waals surface area contributed by atoms with Crippen molar-refractivity contribution < 1.29 is 4.79 Å². The molecule has 0 unspecified atom stereocenters. The zero-order valence-electron chi connectivity index (χ0n) is 13.4. The second-order valence-electron chi connectivity index (χ2n) is 5.69. The fourth-order valence-electron chi connectivity index (χ4n) is 2.96. The summed E-state index contributed by atoms with van der Waals surface area (Å²) in [5.74, 6) is -0.286. The van der Waals surface area contributed by atoms with Crippen LogP contribution in [0.1, 0.15) is 11.1 Å². The Bertz CT molecular complexity index is 938. The van der Waals surface area contributed by atoms with Crippen LogP contribution in [0.2, 0.25) is 0 Å². The molecule has 0 bridgehead atoms. The van der Waals surface area contributed by atoms with E-state index in [1.165, 1.54) is 0 Å². The first-order chi connectivity index (χ1) is 12.3. The summed E-state index contributed by atoms with van der Waals surface area (Å²) in [7, 11) is 0. The lowest BCUT2D eigenvalue weighted by Crippen LogP contribution is -2.39. The number of rotatable bonds is 2. The summed E-state index contributed by atoms with van der Waals surface area (Å²) in [6.45, 7) is 0. The van der Waals surface area contributed by atoms with Crippen LogP contribution < -0.4 is 10.6 Å².